The van der Waals surface area contributed by atoms with Crippen LogP contribution in [0.1, 0.15) is 5.56 Å². The van der Waals surface area contributed by atoms with Crippen LogP contribution >= 0.6 is 15.9 Å². The SMILES string of the molecule is N=C(N)c1cn(CC(=O)Nc2cccnc2)c2c(Br)cccc12. The molecule has 3 rings (SSSR count). The highest BCUT2D eigenvalue weighted by Crippen LogP contribution is 2.28. The Balaban J connectivity index is 1.94. The number of nitrogen functional groups attached to an aromatic ring is 1. The van der Waals surface area contributed by atoms with E-state index in [9.17, 15) is 4.79 Å². The minimum atomic E-state index is -0.180. The van der Waals surface area contributed by atoms with Crippen molar-refractivity contribution in [2.24, 2.45) is 5.73 Å². The minimum Gasteiger partial charge on any atom is -0.384 e. The molecule has 0 aliphatic carbocycles. The number of hydrogen-bond acceptors (Lipinski definition) is 3. The van der Waals surface area contributed by atoms with Crippen LogP contribution in [-0.2, 0) is 11.3 Å². The number of nitrogens with zero attached hydrogens (tertiary/aromatic N) is 2. The Kier molecular flexibility index (Phi) is 4.12. The smallest absolute Gasteiger partial charge is 0.244 e. The van der Waals surface area contributed by atoms with Gasteiger partial charge in [-0.25, -0.2) is 0 Å². The van der Waals surface area contributed by atoms with E-state index in [4.69, 9.17) is 11.1 Å². The Morgan fingerprint density at radius 1 is 1.35 bits per heavy atom. The van der Waals surface area contributed by atoms with Gasteiger partial charge in [-0.15, -0.1) is 0 Å². The number of carbonyl (C=O) groups excluding carboxylic acids is 1. The summed E-state index contributed by atoms with van der Waals surface area (Å²) in [4.78, 5) is 16.2. The zero-order valence-corrected chi connectivity index (χ0v) is 13.7. The van der Waals surface area contributed by atoms with Crippen molar-refractivity contribution in [1.29, 1.82) is 5.41 Å². The van der Waals surface area contributed by atoms with Crippen molar-refractivity contribution in [3.63, 3.8) is 0 Å². The lowest BCUT2D eigenvalue weighted by Gasteiger charge is -2.08. The number of benzene rings is 1. The molecule has 0 fully saturated rings. The maximum atomic E-state index is 12.3. The van der Waals surface area contributed by atoms with Gasteiger partial charge < -0.3 is 15.6 Å². The molecular formula is C16H14BrN5O. The first-order valence-corrected chi connectivity index (χ1v) is 7.67. The topological polar surface area (TPSA) is 96.8 Å². The molecule has 0 radical (unpaired) electrons. The summed E-state index contributed by atoms with van der Waals surface area (Å²) in [6.45, 7) is 0.112. The maximum Gasteiger partial charge on any atom is 0.244 e. The van der Waals surface area contributed by atoms with Gasteiger partial charge in [0.15, 0.2) is 0 Å². The van der Waals surface area contributed by atoms with Crippen LogP contribution in [0.3, 0.4) is 0 Å². The van der Waals surface area contributed by atoms with Gasteiger partial charge in [0.05, 0.1) is 17.4 Å². The molecule has 0 saturated heterocycles. The molecule has 0 saturated carbocycles. The summed E-state index contributed by atoms with van der Waals surface area (Å²) in [5, 5.41) is 11.3. The number of rotatable bonds is 4. The second-order valence-electron chi connectivity index (χ2n) is 5.01. The summed E-state index contributed by atoms with van der Waals surface area (Å²) in [6, 6.07) is 9.17. The number of halogens is 1. The van der Waals surface area contributed by atoms with Crippen molar-refractivity contribution < 1.29 is 4.79 Å². The van der Waals surface area contributed by atoms with Crippen LogP contribution in [-0.4, -0.2) is 21.3 Å². The molecule has 2 aromatic heterocycles. The normalized spacial score (nSPS) is 10.7. The third-order valence-corrected chi connectivity index (χ3v) is 4.04. The molecule has 4 N–H and O–H groups in total. The van der Waals surface area contributed by atoms with Crippen LogP contribution in [0.2, 0.25) is 0 Å². The number of nitrogens with two attached hydrogens (primary N) is 1. The number of anilines is 1. The van der Waals surface area contributed by atoms with E-state index in [1.807, 2.05) is 18.2 Å². The number of hydrogen-bond donors (Lipinski definition) is 3. The molecule has 23 heavy (non-hydrogen) atoms. The average Bonchev–Trinajstić information content (AvgIpc) is 2.88. The zero-order chi connectivity index (χ0) is 16.4. The monoisotopic (exact) mass is 371 g/mol. The van der Waals surface area contributed by atoms with E-state index < -0.39 is 0 Å². The van der Waals surface area contributed by atoms with Crippen LogP contribution in [0.5, 0.6) is 0 Å². The summed E-state index contributed by atoms with van der Waals surface area (Å²) in [5.41, 5.74) is 7.72. The Morgan fingerprint density at radius 2 is 2.17 bits per heavy atom. The molecule has 6 nitrogen and oxygen atoms in total. The molecule has 1 amide bonds. The first-order chi connectivity index (χ1) is 11.1. The third kappa shape index (κ3) is 3.09. The predicted molar refractivity (Wildman–Crippen MR) is 93.5 cm³/mol. The average molecular weight is 372 g/mol. The number of amidine groups is 1. The fraction of sp³-hybridized carbons (Fsp3) is 0.0625. The summed E-state index contributed by atoms with van der Waals surface area (Å²) < 4.78 is 2.62. The molecule has 3 aromatic rings. The van der Waals surface area contributed by atoms with Gasteiger partial charge in [-0.05, 0) is 34.1 Å². The lowest BCUT2D eigenvalue weighted by atomic mass is 10.1. The number of pyridine rings is 1. The third-order valence-electron chi connectivity index (χ3n) is 3.40. The standard InChI is InChI=1S/C16H14BrN5O/c17-13-5-1-4-11-12(16(18)19)8-22(15(11)13)9-14(23)21-10-3-2-6-20-7-10/h1-8H,9H2,(H3,18,19)(H,21,23). The van der Waals surface area contributed by atoms with Gasteiger partial charge in [0.1, 0.15) is 12.4 Å². The van der Waals surface area contributed by atoms with Gasteiger partial charge in [0, 0.05) is 27.8 Å². The van der Waals surface area contributed by atoms with Crippen molar-refractivity contribution in [3.8, 4) is 0 Å². The quantitative estimate of drug-likeness (QED) is 0.485. The van der Waals surface area contributed by atoms with E-state index in [-0.39, 0.29) is 18.3 Å². The molecule has 0 unspecified atom stereocenters. The van der Waals surface area contributed by atoms with E-state index >= 15 is 0 Å². The van der Waals surface area contributed by atoms with Gasteiger partial charge in [-0.1, -0.05) is 12.1 Å². The van der Waals surface area contributed by atoms with Gasteiger partial charge >= 0.3 is 0 Å². The van der Waals surface area contributed by atoms with Crippen molar-refractivity contribution in [2.45, 2.75) is 6.54 Å². The van der Waals surface area contributed by atoms with Crippen LogP contribution in [0.25, 0.3) is 10.9 Å². The molecule has 1 aromatic carbocycles. The van der Waals surface area contributed by atoms with E-state index in [0.29, 0.717) is 11.3 Å². The highest BCUT2D eigenvalue weighted by molar-refractivity contribution is 9.10. The number of amides is 1. The van der Waals surface area contributed by atoms with Crippen LogP contribution in [0.15, 0.2) is 53.4 Å². The molecule has 7 heteroatoms. The summed E-state index contributed by atoms with van der Waals surface area (Å²) in [7, 11) is 0. The first kappa shape index (κ1) is 15.2. The number of fused-ring (bicyclic) bond motifs is 1. The van der Waals surface area contributed by atoms with E-state index in [0.717, 1.165) is 15.4 Å². The summed E-state index contributed by atoms with van der Waals surface area (Å²) >= 11 is 3.49. The summed E-state index contributed by atoms with van der Waals surface area (Å²) in [6.07, 6.45) is 4.95. The molecule has 0 spiro atoms. The molecular weight excluding hydrogens is 358 g/mol. The molecule has 116 valence electrons. The zero-order valence-electron chi connectivity index (χ0n) is 12.1. The van der Waals surface area contributed by atoms with E-state index in [1.54, 1.807) is 35.3 Å². The van der Waals surface area contributed by atoms with Gasteiger partial charge in [-0.2, -0.15) is 0 Å². The van der Waals surface area contributed by atoms with Crippen molar-refractivity contribution in [3.05, 3.63) is 59.0 Å². The Labute approximate surface area is 141 Å². The largest absolute Gasteiger partial charge is 0.384 e. The number of carbonyl (C=O) groups is 1. The van der Waals surface area contributed by atoms with Crippen molar-refractivity contribution in [2.75, 3.05) is 5.32 Å². The maximum absolute atomic E-state index is 12.3. The fourth-order valence-corrected chi connectivity index (χ4v) is 3.04. The number of para-hydroxylation sites is 1. The molecule has 0 atom stereocenters. The van der Waals surface area contributed by atoms with Gasteiger partial charge in [0.2, 0.25) is 5.91 Å². The first-order valence-electron chi connectivity index (χ1n) is 6.88. The van der Waals surface area contributed by atoms with Crippen molar-refractivity contribution in [1.82, 2.24) is 9.55 Å². The Hall–Kier alpha value is -2.67. The summed E-state index contributed by atoms with van der Waals surface area (Å²) in [5.74, 6) is -0.208. The van der Waals surface area contributed by atoms with E-state index in [1.165, 1.54) is 0 Å². The molecule has 0 bridgehead atoms. The molecule has 2 heterocycles. The highest BCUT2D eigenvalue weighted by atomic mass is 79.9. The van der Waals surface area contributed by atoms with Crippen LogP contribution < -0.4 is 11.1 Å². The molecule has 0 aliphatic rings. The second kappa shape index (κ2) is 6.21. The fourth-order valence-electron chi connectivity index (χ4n) is 2.45. The Morgan fingerprint density at radius 3 is 2.87 bits per heavy atom. The van der Waals surface area contributed by atoms with Crippen LogP contribution in [0, 0.1) is 5.41 Å². The number of aromatic nitrogens is 2. The second-order valence-corrected chi connectivity index (χ2v) is 5.86. The minimum absolute atomic E-state index is 0.0282. The number of nitrogens with one attached hydrogen (secondary N) is 2. The predicted octanol–water partition coefficient (Wildman–Crippen LogP) is 2.72. The highest BCUT2D eigenvalue weighted by Gasteiger charge is 2.15. The lowest BCUT2D eigenvalue weighted by Crippen LogP contribution is -2.18. The molecule has 0 aliphatic heterocycles. The van der Waals surface area contributed by atoms with Crippen molar-refractivity contribution >= 4 is 44.3 Å². The van der Waals surface area contributed by atoms with Gasteiger partial charge in [-0.3, -0.25) is 15.2 Å². The van der Waals surface area contributed by atoms with Gasteiger partial charge in [0.25, 0.3) is 0 Å². The lowest BCUT2D eigenvalue weighted by molar-refractivity contribution is -0.116. The van der Waals surface area contributed by atoms with Crippen LogP contribution in [0.4, 0.5) is 5.69 Å². The Bertz CT molecular complexity index is 888. The van der Waals surface area contributed by atoms with E-state index in [2.05, 4.69) is 26.2 Å².